The van der Waals surface area contributed by atoms with Crippen molar-refractivity contribution in [1.82, 2.24) is 5.32 Å². The fourth-order valence-corrected chi connectivity index (χ4v) is 4.54. The zero-order chi connectivity index (χ0) is 22.4. The average Bonchev–Trinajstić information content (AvgIpc) is 2.76. The third-order valence-corrected chi connectivity index (χ3v) is 6.60. The first-order valence-corrected chi connectivity index (χ1v) is 11.3. The third kappa shape index (κ3) is 5.64. The number of anilines is 1. The number of amides is 1. The van der Waals surface area contributed by atoms with Crippen molar-refractivity contribution >= 4 is 21.6 Å². The van der Waals surface area contributed by atoms with Gasteiger partial charge in [0.2, 0.25) is 5.91 Å². The van der Waals surface area contributed by atoms with E-state index in [2.05, 4.69) is 5.32 Å². The predicted octanol–water partition coefficient (Wildman–Crippen LogP) is 3.82. The van der Waals surface area contributed by atoms with E-state index in [4.69, 9.17) is 4.74 Å². The van der Waals surface area contributed by atoms with Crippen molar-refractivity contribution in [3.8, 4) is 5.75 Å². The van der Waals surface area contributed by atoms with Gasteiger partial charge in [0.15, 0.2) is 0 Å². The first-order valence-electron chi connectivity index (χ1n) is 9.85. The first-order chi connectivity index (χ1) is 14.8. The van der Waals surface area contributed by atoms with Gasteiger partial charge in [0, 0.05) is 12.6 Å². The van der Waals surface area contributed by atoms with E-state index in [1.54, 1.807) is 48.5 Å². The molecule has 0 heterocycles. The van der Waals surface area contributed by atoms with Gasteiger partial charge in [0.1, 0.15) is 12.3 Å². The Morgan fingerprint density at radius 1 is 0.935 bits per heavy atom. The Morgan fingerprint density at radius 2 is 1.65 bits per heavy atom. The van der Waals surface area contributed by atoms with Crippen molar-refractivity contribution in [2.75, 3.05) is 18.0 Å². The van der Waals surface area contributed by atoms with Crippen LogP contribution in [0.5, 0.6) is 5.75 Å². The Labute approximate surface area is 183 Å². The molecule has 0 radical (unpaired) electrons. The largest absolute Gasteiger partial charge is 0.497 e. The van der Waals surface area contributed by atoms with Crippen molar-refractivity contribution in [3.63, 3.8) is 0 Å². The van der Waals surface area contributed by atoms with Crippen molar-refractivity contribution in [2.45, 2.75) is 25.3 Å². The van der Waals surface area contributed by atoms with E-state index in [9.17, 15) is 13.2 Å². The summed E-state index contributed by atoms with van der Waals surface area (Å²) in [4.78, 5) is 12.8. The number of carbonyl (C=O) groups is 1. The van der Waals surface area contributed by atoms with Crippen LogP contribution in [0.1, 0.15) is 16.7 Å². The zero-order valence-electron chi connectivity index (χ0n) is 17.8. The molecule has 0 fully saturated rings. The molecule has 0 aliphatic carbocycles. The maximum Gasteiger partial charge on any atom is 0.264 e. The highest BCUT2D eigenvalue weighted by atomic mass is 32.2. The topological polar surface area (TPSA) is 75.7 Å². The predicted molar refractivity (Wildman–Crippen MR) is 122 cm³/mol. The molecule has 1 N–H and O–H groups in total. The number of ether oxygens (including phenoxy) is 1. The van der Waals surface area contributed by atoms with Crippen molar-refractivity contribution in [3.05, 3.63) is 89.5 Å². The minimum Gasteiger partial charge on any atom is -0.497 e. The second kappa shape index (κ2) is 9.66. The molecule has 1 amide bonds. The number of methoxy groups -OCH3 is 1. The fraction of sp³-hybridized carbons (Fsp3) is 0.208. The van der Waals surface area contributed by atoms with E-state index in [0.717, 1.165) is 21.0 Å². The SMILES string of the molecule is COc1cccc(N(CC(=O)NCc2cccc(C)c2)S(=O)(=O)c2ccc(C)cc2)c1. The van der Waals surface area contributed by atoms with Crippen LogP contribution in [0.15, 0.2) is 77.7 Å². The van der Waals surface area contributed by atoms with Gasteiger partial charge in [0.25, 0.3) is 10.0 Å². The Balaban J connectivity index is 1.88. The number of carbonyl (C=O) groups excluding carboxylic acids is 1. The molecule has 0 aliphatic heterocycles. The summed E-state index contributed by atoms with van der Waals surface area (Å²) in [6.07, 6.45) is 0. The van der Waals surface area contributed by atoms with Crippen LogP contribution in [-0.2, 0) is 21.4 Å². The minimum atomic E-state index is -3.96. The number of sulfonamides is 1. The summed E-state index contributed by atoms with van der Waals surface area (Å²) in [7, 11) is -2.46. The zero-order valence-corrected chi connectivity index (χ0v) is 18.6. The van der Waals surface area contributed by atoms with E-state index in [0.29, 0.717) is 18.0 Å². The van der Waals surface area contributed by atoms with Crippen LogP contribution in [0.2, 0.25) is 0 Å². The summed E-state index contributed by atoms with van der Waals surface area (Å²) in [5, 5.41) is 2.81. The molecule has 0 bridgehead atoms. The second-order valence-electron chi connectivity index (χ2n) is 7.29. The summed E-state index contributed by atoms with van der Waals surface area (Å²) >= 11 is 0. The maximum atomic E-state index is 13.4. The molecule has 3 aromatic rings. The molecule has 0 atom stereocenters. The van der Waals surface area contributed by atoms with Gasteiger partial charge in [-0.3, -0.25) is 9.10 Å². The summed E-state index contributed by atoms with van der Waals surface area (Å²) in [5.41, 5.74) is 3.34. The molecule has 6 nitrogen and oxygen atoms in total. The molecule has 3 aromatic carbocycles. The highest BCUT2D eigenvalue weighted by Gasteiger charge is 2.27. The number of hydrogen-bond acceptors (Lipinski definition) is 4. The third-order valence-electron chi connectivity index (χ3n) is 4.81. The molecular weight excluding hydrogens is 412 g/mol. The van der Waals surface area contributed by atoms with E-state index < -0.39 is 15.9 Å². The van der Waals surface area contributed by atoms with Crippen molar-refractivity contribution in [2.24, 2.45) is 0 Å². The highest BCUT2D eigenvalue weighted by Crippen LogP contribution is 2.27. The number of nitrogens with one attached hydrogen (secondary N) is 1. The minimum absolute atomic E-state index is 0.118. The smallest absolute Gasteiger partial charge is 0.264 e. The molecule has 0 saturated heterocycles. The molecule has 3 rings (SSSR count). The summed E-state index contributed by atoms with van der Waals surface area (Å²) in [6.45, 7) is 3.82. The lowest BCUT2D eigenvalue weighted by Crippen LogP contribution is -2.40. The van der Waals surface area contributed by atoms with Crippen LogP contribution < -0.4 is 14.4 Å². The molecule has 0 aliphatic rings. The molecule has 7 heteroatoms. The van der Waals surface area contributed by atoms with Crippen LogP contribution in [0.3, 0.4) is 0 Å². The Hall–Kier alpha value is -3.32. The summed E-state index contributed by atoms with van der Waals surface area (Å²) < 4.78 is 33.1. The summed E-state index contributed by atoms with van der Waals surface area (Å²) in [6, 6.07) is 21.0. The number of aryl methyl sites for hydroxylation is 2. The van der Waals surface area contributed by atoms with Gasteiger partial charge in [-0.15, -0.1) is 0 Å². The Bertz CT molecular complexity index is 1160. The monoisotopic (exact) mass is 438 g/mol. The van der Waals surface area contributed by atoms with Gasteiger partial charge in [-0.1, -0.05) is 53.6 Å². The van der Waals surface area contributed by atoms with E-state index >= 15 is 0 Å². The lowest BCUT2D eigenvalue weighted by molar-refractivity contribution is -0.119. The molecule has 162 valence electrons. The first kappa shape index (κ1) is 22.4. The lowest BCUT2D eigenvalue weighted by Gasteiger charge is -2.24. The van der Waals surface area contributed by atoms with Crippen LogP contribution >= 0.6 is 0 Å². The molecule has 0 aromatic heterocycles. The Morgan fingerprint density at radius 3 is 2.32 bits per heavy atom. The summed E-state index contributed by atoms with van der Waals surface area (Å²) in [5.74, 6) is 0.0989. The van der Waals surface area contributed by atoms with Gasteiger partial charge < -0.3 is 10.1 Å². The van der Waals surface area contributed by atoms with Crippen molar-refractivity contribution < 1.29 is 17.9 Å². The van der Waals surface area contributed by atoms with E-state index in [1.807, 2.05) is 38.1 Å². The number of benzene rings is 3. The van der Waals surface area contributed by atoms with Gasteiger partial charge in [-0.05, 0) is 43.7 Å². The Kier molecular flexibility index (Phi) is 6.97. The molecule has 0 saturated carbocycles. The van der Waals surface area contributed by atoms with Crippen molar-refractivity contribution in [1.29, 1.82) is 0 Å². The van der Waals surface area contributed by atoms with Crippen LogP contribution in [0, 0.1) is 13.8 Å². The maximum absolute atomic E-state index is 13.4. The van der Waals surface area contributed by atoms with Gasteiger partial charge in [-0.25, -0.2) is 8.42 Å². The average molecular weight is 439 g/mol. The standard InChI is InChI=1S/C24H26N2O4S/c1-18-10-12-23(13-11-18)31(28,29)26(21-8-5-9-22(15-21)30-3)17-24(27)25-16-20-7-4-6-19(2)14-20/h4-15H,16-17H2,1-3H3,(H,25,27). The normalized spacial score (nSPS) is 11.1. The quantitative estimate of drug-likeness (QED) is 0.580. The molecule has 0 spiro atoms. The second-order valence-corrected chi connectivity index (χ2v) is 9.15. The highest BCUT2D eigenvalue weighted by molar-refractivity contribution is 7.92. The fourth-order valence-electron chi connectivity index (χ4n) is 3.13. The van der Waals surface area contributed by atoms with E-state index in [1.165, 1.54) is 7.11 Å². The van der Waals surface area contributed by atoms with E-state index in [-0.39, 0.29) is 11.4 Å². The molecular formula is C24H26N2O4S. The lowest BCUT2D eigenvalue weighted by atomic mass is 10.1. The molecule has 31 heavy (non-hydrogen) atoms. The number of nitrogens with zero attached hydrogens (tertiary/aromatic N) is 1. The van der Waals surface area contributed by atoms with Gasteiger partial charge in [-0.2, -0.15) is 0 Å². The van der Waals surface area contributed by atoms with Gasteiger partial charge >= 0.3 is 0 Å². The number of hydrogen-bond donors (Lipinski definition) is 1. The van der Waals surface area contributed by atoms with Gasteiger partial charge in [0.05, 0.1) is 17.7 Å². The van der Waals surface area contributed by atoms with Crippen LogP contribution in [-0.4, -0.2) is 28.0 Å². The number of rotatable bonds is 8. The van der Waals surface area contributed by atoms with Crippen LogP contribution in [0.25, 0.3) is 0 Å². The molecule has 0 unspecified atom stereocenters. The van der Waals surface area contributed by atoms with Crippen LogP contribution in [0.4, 0.5) is 5.69 Å².